The van der Waals surface area contributed by atoms with Crippen LogP contribution in [0.5, 0.6) is 0 Å². The number of benzene rings is 2. The summed E-state index contributed by atoms with van der Waals surface area (Å²) in [6.07, 6.45) is 6.02. The molecule has 0 radical (unpaired) electrons. The van der Waals surface area contributed by atoms with E-state index in [1.807, 2.05) is 36.4 Å². The molecule has 10 heteroatoms. The Morgan fingerprint density at radius 3 is 2.23 bits per heavy atom. The number of allylic oxidation sites excluding steroid dienone is 2. The maximum absolute atomic E-state index is 13.1. The Kier molecular flexibility index (Phi) is 12.8. The standard InChI is InChI=1S/C37H47N3O7/c1-4-6-18-32(39-36(45)46-23-31-29-16-9-7-14-27(29)28-15-8-10-17-30(28)31)35(44)47-25(3)22-38-34(43)26(13-5-2)21-33(42)40-37(24-41)19-11-12-20-37/h4-5,7-10,14-17,25-26,31-32,41H,1-2,6,11-13,18-24H2,3H3,(H,38,43)(H,39,45)(H,40,42)/t25-,26+,32-/m0/s1. The quantitative estimate of drug-likeness (QED) is 0.141. The van der Waals surface area contributed by atoms with Crippen LogP contribution in [0.4, 0.5) is 4.79 Å². The Labute approximate surface area is 277 Å². The topological polar surface area (TPSA) is 143 Å². The fraction of sp³-hybridized carbons (Fsp3) is 0.459. The molecule has 2 aliphatic rings. The van der Waals surface area contributed by atoms with Gasteiger partial charge in [0.15, 0.2) is 0 Å². The van der Waals surface area contributed by atoms with Gasteiger partial charge in [-0.1, -0.05) is 73.5 Å². The number of alkyl carbamates (subject to hydrolysis) is 1. The number of fused-ring (bicyclic) bond motifs is 3. The van der Waals surface area contributed by atoms with Crippen LogP contribution in [0.2, 0.25) is 0 Å². The summed E-state index contributed by atoms with van der Waals surface area (Å²) in [5, 5.41) is 18.2. The van der Waals surface area contributed by atoms with Gasteiger partial charge in [0.05, 0.1) is 24.6 Å². The van der Waals surface area contributed by atoms with Crippen molar-refractivity contribution >= 4 is 23.9 Å². The van der Waals surface area contributed by atoms with Crippen molar-refractivity contribution in [2.45, 2.75) is 81.9 Å². The van der Waals surface area contributed by atoms with Crippen molar-refractivity contribution in [1.82, 2.24) is 16.0 Å². The number of amides is 3. The maximum Gasteiger partial charge on any atom is 0.407 e. The normalized spacial score (nSPS) is 16.5. The lowest BCUT2D eigenvalue weighted by molar-refractivity contribution is -0.151. The Hall–Kier alpha value is -4.44. The van der Waals surface area contributed by atoms with Crippen molar-refractivity contribution in [3.63, 3.8) is 0 Å². The molecule has 0 aliphatic heterocycles. The van der Waals surface area contributed by atoms with Crippen LogP contribution in [0, 0.1) is 5.92 Å². The summed E-state index contributed by atoms with van der Waals surface area (Å²) in [5.74, 6) is -2.11. The van der Waals surface area contributed by atoms with E-state index >= 15 is 0 Å². The molecule has 2 aromatic carbocycles. The third kappa shape index (κ3) is 9.32. The maximum atomic E-state index is 13.1. The van der Waals surface area contributed by atoms with E-state index in [1.165, 1.54) is 0 Å². The highest BCUT2D eigenvalue weighted by Crippen LogP contribution is 2.44. The van der Waals surface area contributed by atoms with Gasteiger partial charge in [-0.3, -0.25) is 9.59 Å². The van der Waals surface area contributed by atoms with Crippen LogP contribution in [-0.2, 0) is 23.9 Å². The summed E-state index contributed by atoms with van der Waals surface area (Å²) in [6, 6.07) is 15.1. The highest BCUT2D eigenvalue weighted by atomic mass is 16.6. The predicted molar refractivity (Wildman–Crippen MR) is 179 cm³/mol. The van der Waals surface area contributed by atoms with Gasteiger partial charge in [0.1, 0.15) is 18.8 Å². The van der Waals surface area contributed by atoms with Gasteiger partial charge in [-0.05, 0) is 61.3 Å². The minimum atomic E-state index is -0.978. The first kappa shape index (κ1) is 35.4. The van der Waals surface area contributed by atoms with Gasteiger partial charge < -0.3 is 30.5 Å². The molecule has 3 atom stereocenters. The Bertz CT molecular complexity index is 1390. The third-order valence-electron chi connectivity index (χ3n) is 8.98. The molecule has 0 aromatic heterocycles. The molecule has 1 fully saturated rings. The van der Waals surface area contributed by atoms with E-state index in [0.717, 1.165) is 35.1 Å². The van der Waals surface area contributed by atoms with Crippen LogP contribution >= 0.6 is 0 Å². The number of nitrogens with one attached hydrogen (secondary N) is 3. The molecular formula is C37H47N3O7. The molecule has 0 bridgehead atoms. The van der Waals surface area contributed by atoms with E-state index in [0.29, 0.717) is 19.3 Å². The molecule has 0 spiro atoms. The molecule has 0 saturated heterocycles. The number of aliphatic hydroxyl groups excluding tert-OH is 1. The zero-order chi connectivity index (χ0) is 33.8. The van der Waals surface area contributed by atoms with E-state index in [-0.39, 0.29) is 56.8 Å². The molecule has 0 heterocycles. The van der Waals surface area contributed by atoms with Crippen LogP contribution in [0.3, 0.4) is 0 Å². The Morgan fingerprint density at radius 2 is 1.64 bits per heavy atom. The highest BCUT2D eigenvalue weighted by molar-refractivity contribution is 5.86. The molecule has 4 rings (SSSR count). The second kappa shape index (κ2) is 16.9. The monoisotopic (exact) mass is 645 g/mol. The predicted octanol–water partition coefficient (Wildman–Crippen LogP) is 4.91. The summed E-state index contributed by atoms with van der Waals surface area (Å²) in [6.45, 7) is 9.04. The SMILES string of the molecule is C=CCC[C@H](NC(=O)OCC1c2ccccc2-c2ccccc21)C(=O)O[C@@H](C)CNC(=O)[C@H](CC=C)CC(=O)NC1(CO)CCCC1. The Balaban J connectivity index is 1.27. The molecular weight excluding hydrogens is 598 g/mol. The molecule has 2 aliphatic carbocycles. The van der Waals surface area contributed by atoms with Crippen molar-refractivity contribution in [3.05, 3.63) is 85.0 Å². The highest BCUT2D eigenvalue weighted by Gasteiger charge is 2.36. The molecule has 1 saturated carbocycles. The summed E-state index contributed by atoms with van der Waals surface area (Å²) in [4.78, 5) is 51.7. The first-order chi connectivity index (χ1) is 22.7. The van der Waals surface area contributed by atoms with Gasteiger partial charge in [0.25, 0.3) is 0 Å². The summed E-state index contributed by atoms with van der Waals surface area (Å²) in [5.41, 5.74) is 3.77. The fourth-order valence-electron chi connectivity index (χ4n) is 6.46. The van der Waals surface area contributed by atoms with Gasteiger partial charge in [0, 0.05) is 12.3 Å². The fourth-order valence-corrected chi connectivity index (χ4v) is 6.46. The Morgan fingerprint density at radius 1 is 1.00 bits per heavy atom. The summed E-state index contributed by atoms with van der Waals surface area (Å²) < 4.78 is 11.2. The second-order valence-electron chi connectivity index (χ2n) is 12.5. The smallest absolute Gasteiger partial charge is 0.407 e. The number of carbonyl (C=O) groups is 4. The van der Waals surface area contributed by atoms with Gasteiger partial charge in [0.2, 0.25) is 11.8 Å². The van der Waals surface area contributed by atoms with Crippen molar-refractivity contribution in [2.75, 3.05) is 19.8 Å². The van der Waals surface area contributed by atoms with E-state index in [1.54, 1.807) is 19.1 Å². The number of carbonyl (C=O) groups excluding carboxylic acids is 4. The van der Waals surface area contributed by atoms with Crippen molar-refractivity contribution in [1.29, 1.82) is 0 Å². The molecule has 252 valence electrons. The van der Waals surface area contributed by atoms with Crippen LogP contribution < -0.4 is 16.0 Å². The van der Waals surface area contributed by atoms with Crippen LogP contribution in [-0.4, -0.2) is 66.4 Å². The zero-order valence-corrected chi connectivity index (χ0v) is 27.2. The minimum absolute atomic E-state index is 0.0134. The van der Waals surface area contributed by atoms with Crippen LogP contribution in [0.25, 0.3) is 11.1 Å². The molecule has 0 unspecified atom stereocenters. The summed E-state index contributed by atoms with van der Waals surface area (Å²) in [7, 11) is 0. The van der Waals surface area contributed by atoms with Gasteiger partial charge in [-0.15, -0.1) is 13.2 Å². The average molecular weight is 646 g/mol. The largest absolute Gasteiger partial charge is 0.459 e. The molecule has 10 nitrogen and oxygen atoms in total. The lowest BCUT2D eigenvalue weighted by Gasteiger charge is -2.29. The lowest BCUT2D eigenvalue weighted by atomic mass is 9.95. The minimum Gasteiger partial charge on any atom is -0.459 e. The molecule has 3 amide bonds. The third-order valence-corrected chi connectivity index (χ3v) is 8.98. The number of rotatable bonds is 17. The molecule has 4 N–H and O–H groups in total. The van der Waals surface area contributed by atoms with Crippen LogP contribution in [0.1, 0.15) is 75.3 Å². The van der Waals surface area contributed by atoms with Crippen LogP contribution in [0.15, 0.2) is 73.8 Å². The second-order valence-corrected chi connectivity index (χ2v) is 12.5. The average Bonchev–Trinajstić information content (AvgIpc) is 3.67. The summed E-state index contributed by atoms with van der Waals surface area (Å²) >= 11 is 0. The van der Waals surface area contributed by atoms with E-state index in [2.05, 4.69) is 41.2 Å². The number of ether oxygens (including phenoxy) is 2. The van der Waals surface area contributed by atoms with Crippen molar-refractivity contribution in [3.8, 4) is 11.1 Å². The number of aliphatic hydroxyl groups is 1. The van der Waals surface area contributed by atoms with Crippen molar-refractivity contribution in [2.24, 2.45) is 5.92 Å². The van der Waals surface area contributed by atoms with Gasteiger partial charge in [-0.25, -0.2) is 9.59 Å². The zero-order valence-electron chi connectivity index (χ0n) is 27.2. The van der Waals surface area contributed by atoms with E-state index < -0.39 is 35.7 Å². The van der Waals surface area contributed by atoms with E-state index in [4.69, 9.17) is 9.47 Å². The number of hydrogen-bond acceptors (Lipinski definition) is 7. The lowest BCUT2D eigenvalue weighted by Crippen LogP contribution is -2.50. The van der Waals surface area contributed by atoms with Gasteiger partial charge in [-0.2, -0.15) is 0 Å². The molecule has 2 aromatic rings. The first-order valence-corrected chi connectivity index (χ1v) is 16.4. The van der Waals surface area contributed by atoms with E-state index in [9.17, 15) is 24.3 Å². The number of esters is 1. The van der Waals surface area contributed by atoms with Gasteiger partial charge >= 0.3 is 12.1 Å². The number of hydrogen-bond donors (Lipinski definition) is 4. The first-order valence-electron chi connectivity index (χ1n) is 16.4. The van der Waals surface area contributed by atoms with Crippen molar-refractivity contribution < 1.29 is 33.8 Å². The molecule has 47 heavy (non-hydrogen) atoms.